The highest BCUT2D eigenvalue weighted by Crippen LogP contribution is 2.29. The maximum Gasteiger partial charge on any atom is 0.00953 e. The molecule has 2 unspecified atom stereocenters. The molecule has 0 amide bonds. The summed E-state index contributed by atoms with van der Waals surface area (Å²) in [6.45, 7) is 6.32. The molecule has 76 valence electrons. The second-order valence-electron chi connectivity index (χ2n) is 4.25. The molecular weight excluding hydrogens is 158 g/mol. The molecule has 1 aliphatic rings. The van der Waals surface area contributed by atoms with Gasteiger partial charge in [-0.05, 0) is 38.6 Å². The minimum atomic E-state index is 0.747. The third-order valence-corrected chi connectivity index (χ3v) is 3.33. The van der Waals surface area contributed by atoms with E-state index in [1.54, 1.807) is 0 Å². The van der Waals surface area contributed by atoms with Crippen LogP contribution in [0.5, 0.6) is 0 Å². The van der Waals surface area contributed by atoms with Crippen LogP contribution in [0.2, 0.25) is 0 Å². The number of allylic oxidation sites excluding steroid dienone is 1. The molecule has 1 fully saturated rings. The van der Waals surface area contributed by atoms with Crippen molar-refractivity contribution >= 4 is 0 Å². The smallest absolute Gasteiger partial charge is 0.00953 e. The van der Waals surface area contributed by atoms with Crippen LogP contribution in [0.3, 0.4) is 0 Å². The minimum absolute atomic E-state index is 0.747. The first-order chi connectivity index (χ1) is 6.27. The zero-order chi connectivity index (χ0) is 9.68. The van der Waals surface area contributed by atoms with E-state index in [0.29, 0.717) is 0 Å². The van der Waals surface area contributed by atoms with Crippen molar-refractivity contribution in [1.29, 1.82) is 0 Å². The molecule has 1 nitrogen and oxygen atoms in total. The third kappa shape index (κ3) is 3.15. The largest absolute Gasteiger partial charge is 0.317 e. The Morgan fingerprint density at radius 3 is 2.69 bits per heavy atom. The van der Waals surface area contributed by atoms with E-state index in [-0.39, 0.29) is 0 Å². The van der Waals surface area contributed by atoms with Crippen molar-refractivity contribution < 1.29 is 0 Å². The van der Waals surface area contributed by atoms with E-state index < -0.39 is 0 Å². The second-order valence-corrected chi connectivity index (χ2v) is 4.25. The van der Waals surface area contributed by atoms with Crippen LogP contribution < -0.4 is 5.32 Å². The second kappa shape index (κ2) is 5.43. The lowest BCUT2D eigenvalue weighted by Crippen LogP contribution is -2.36. The Morgan fingerprint density at radius 2 is 2.08 bits per heavy atom. The number of rotatable bonds is 4. The van der Waals surface area contributed by atoms with Crippen molar-refractivity contribution in [1.82, 2.24) is 5.32 Å². The van der Waals surface area contributed by atoms with Crippen molar-refractivity contribution in [2.45, 2.75) is 51.5 Å². The van der Waals surface area contributed by atoms with Gasteiger partial charge >= 0.3 is 0 Å². The van der Waals surface area contributed by atoms with Crippen LogP contribution in [0.4, 0.5) is 0 Å². The Balaban J connectivity index is 2.40. The zero-order valence-electron chi connectivity index (χ0n) is 9.10. The number of nitrogens with one attached hydrogen (secondary N) is 1. The topological polar surface area (TPSA) is 12.0 Å². The van der Waals surface area contributed by atoms with Crippen molar-refractivity contribution in [3.05, 3.63) is 12.2 Å². The quantitative estimate of drug-likeness (QED) is 0.657. The molecule has 0 aromatic rings. The fourth-order valence-electron chi connectivity index (χ4n) is 2.35. The molecule has 0 aliphatic heterocycles. The first-order valence-corrected chi connectivity index (χ1v) is 5.61. The summed E-state index contributed by atoms with van der Waals surface area (Å²) in [4.78, 5) is 0. The van der Waals surface area contributed by atoms with Crippen LogP contribution in [0.15, 0.2) is 12.2 Å². The Morgan fingerprint density at radius 1 is 1.38 bits per heavy atom. The van der Waals surface area contributed by atoms with E-state index in [4.69, 9.17) is 0 Å². The molecule has 1 N–H and O–H groups in total. The molecule has 1 aliphatic carbocycles. The van der Waals surface area contributed by atoms with Gasteiger partial charge in [-0.1, -0.05) is 31.9 Å². The van der Waals surface area contributed by atoms with E-state index in [2.05, 4.69) is 25.9 Å². The molecule has 0 bridgehead atoms. The molecule has 1 rings (SSSR count). The zero-order valence-corrected chi connectivity index (χ0v) is 9.10. The first kappa shape index (κ1) is 10.8. The monoisotopic (exact) mass is 181 g/mol. The van der Waals surface area contributed by atoms with Crippen LogP contribution in [0, 0.1) is 5.92 Å². The maximum absolute atomic E-state index is 4.11. The Kier molecular flexibility index (Phi) is 4.51. The van der Waals surface area contributed by atoms with E-state index in [0.717, 1.165) is 18.4 Å². The van der Waals surface area contributed by atoms with Crippen molar-refractivity contribution in [2.24, 2.45) is 5.92 Å². The molecular formula is C12H23N. The Bertz CT molecular complexity index is 163. The summed E-state index contributed by atoms with van der Waals surface area (Å²) >= 11 is 0. The van der Waals surface area contributed by atoms with E-state index in [1.807, 2.05) is 0 Å². The lowest BCUT2D eigenvalue weighted by atomic mass is 9.80. The van der Waals surface area contributed by atoms with Gasteiger partial charge in [0, 0.05) is 6.04 Å². The van der Waals surface area contributed by atoms with Gasteiger partial charge in [0.1, 0.15) is 0 Å². The summed E-state index contributed by atoms with van der Waals surface area (Å²) in [6, 6.07) is 0.747. The van der Waals surface area contributed by atoms with Gasteiger partial charge in [0.15, 0.2) is 0 Å². The van der Waals surface area contributed by atoms with Gasteiger partial charge in [-0.2, -0.15) is 0 Å². The average Bonchev–Trinajstić information content (AvgIpc) is 2.18. The average molecular weight is 181 g/mol. The molecule has 0 heterocycles. The maximum atomic E-state index is 4.11. The summed E-state index contributed by atoms with van der Waals surface area (Å²) < 4.78 is 0. The summed E-state index contributed by atoms with van der Waals surface area (Å²) in [5, 5.41) is 3.44. The van der Waals surface area contributed by atoms with Crippen molar-refractivity contribution in [2.75, 3.05) is 7.05 Å². The summed E-state index contributed by atoms with van der Waals surface area (Å²) in [5.74, 6) is 0.853. The van der Waals surface area contributed by atoms with Gasteiger partial charge in [-0.25, -0.2) is 0 Å². The van der Waals surface area contributed by atoms with E-state index in [1.165, 1.54) is 37.7 Å². The molecule has 1 heteroatoms. The molecule has 0 radical (unpaired) electrons. The van der Waals surface area contributed by atoms with Gasteiger partial charge in [-0.15, -0.1) is 0 Å². The molecule has 1 saturated carbocycles. The standard InChI is InChI=1S/C12H23N/c1-4-10(2)9-11-7-5-6-8-12(11)13-3/h11-13H,2,4-9H2,1,3H3. The van der Waals surface area contributed by atoms with Gasteiger partial charge in [0.2, 0.25) is 0 Å². The lowest BCUT2D eigenvalue weighted by Gasteiger charge is -2.31. The normalized spacial score (nSPS) is 28.8. The van der Waals surface area contributed by atoms with Crippen LogP contribution in [0.25, 0.3) is 0 Å². The van der Waals surface area contributed by atoms with Gasteiger partial charge < -0.3 is 5.32 Å². The van der Waals surface area contributed by atoms with Crippen molar-refractivity contribution in [3.63, 3.8) is 0 Å². The fourth-order valence-corrected chi connectivity index (χ4v) is 2.35. The lowest BCUT2D eigenvalue weighted by molar-refractivity contribution is 0.271. The highest BCUT2D eigenvalue weighted by atomic mass is 14.9. The van der Waals surface area contributed by atoms with Crippen LogP contribution in [-0.4, -0.2) is 13.1 Å². The number of hydrogen-bond acceptors (Lipinski definition) is 1. The highest BCUT2D eigenvalue weighted by molar-refractivity contribution is 4.97. The number of hydrogen-bond donors (Lipinski definition) is 1. The van der Waals surface area contributed by atoms with Crippen molar-refractivity contribution in [3.8, 4) is 0 Å². The Labute approximate surface area is 82.6 Å². The van der Waals surface area contributed by atoms with Crippen LogP contribution >= 0.6 is 0 Å². The van der Waals surface area contributed by atoms with E-state index in [9.17, 15) is 0 Å². The van der Waals surface area contributed by atoms with Crippen LogP contribution in [0.1, 0.15) is 45.4 Å². The fraction of sp³-hybridized carbons (Fsp3) is 0.833. The predicted molar refractivity (Wildman–Crippen MR) is 58.9 cm³/mol. The molecule has 0 saturated heterocycles. The molecule has 0 aromatic carbocycles. The van der Waals surface area contributed by atoms with Crippen LogP contribution in [-0.2, 0) is 0 Å². The summed E-state index contributed by atoms with van der Waals surface area (Å²) in [7, 11) is 2.09. The molecule has 0 spiro atoms. The summed E-state index contributed by atoms with van der Waals surface area (Å²) in [6.07, 6.45) is 7.96. The summed E-state index contributed by atoms with van der Waals surface area (Å²) in [5.41, 5.74) is 1.42. The third-order valence-electron chi connectivity index (χ3n) is 3.33. The molecule has 13 heavy (non-hydrogen) atoms. The first-order valence-electron chi connectivity index (χ1n) is 5.61. The van der Waals surface area contributed by atoms with E-state index >= 15 is 0 Å². The minimum Gasteiger partial charge on any atom is -0.317 e. The van der Waals surface area contributed by atoms with Gasteiger partial charge in [-0.3, -0.25) is 0 Å². The Hall–Kier alpha value is -0.300. The highest BCUT2D eigenvalue weighted by Gasteiger charge is 2.23. The SMILES string of the molecule is C=C(CC)CC1CCCCC1NC. The van der Waals surface area contributed by atoms with Gasteiger partial charge in [0.25, 0.3) is 0 Å². The molecule has 0 aromatic heterocycles. The van der Waals surface area contributed by atoms with Gasteiger partial charge in [0.05, 0.1) is 0 Å². The predicted octanol–water partition coefficient (Wildman–Crippen LogP) is 3.12. The molecule has 2 atom stereocenters.